The van der Waals surface area contributed by atoms with Crippen molar-refractivity contribution in [2.45, 2.75) is 58.4 Å². The first kappa shape index (κ1) is 14.8. The quantitative estimate of drug-likeness (QED) is 0.874. The Kier molecular flexibility index (Phi) is 4.78. The van der Waals surface area contributed by atoms with E-state index in [-0.39, 0.29) is 0 Å². The van der Waals surface area contributed by atoms with Crippen LogP contribution in [0.15, 0.2) is 0 Å². The number of rotatable bonds is 5. The highest BCUT2D eigenvalue weighted by Gasteiger charge is 2.29. The smallest absolute Gasteiger partial charge is 0.244 e. The van der Waals surface area contributed by atoms with Gasteiger partial charge in [0.2, 0.25) is 5.95 Å². The van der Waals surface area contributed by atoms with Crippen LogP contribution >= 0.6 is 0 Å². The second kappa shape index (κ2) is 6.77. The second-order valence-electron chi connectivity index (χ2n) is 6.83. The van der Waals surface area contributed by atoms with Gasteiger partial charge in [0.25, 0.3) is 0 Å². The lowest BCUT2D eigenvalue weighted by Gasteiger charge is -2.34. The fraction of sp³-hybridized carbons (Fsp3) is 0.875. The lowest BCUT2D eigenvalue weighted by atomic mass is 9.89. The average molecular weight is 291 g/mol. The number of H-pyrrole nitrogens is 1. The van der Waals surface area contributed by atoms with E-state index in [1.165, 1.54) is 38.6 Å². The summed E-state index contributed by atoms with van der Waals surface area (Å²) in [4.78, 5) is 7.04. The van der Waals surface area contributed by atoms with Gasteiger partial charge in [-0.2, -0.15) is 4.98 Å². The van der Waals surface area contributed by atoms with E-state index in [1.807, 2.05) is 0 Å². The molecule has 5 heteroatoms. The Morgan fingerprint density at radius 3 is 2.76 bits per heavy atom. The Labute approximate surface area is 127 Å². The molecule has 21 heavy (non-hydrogen) atoms. The fourth-order valence-electron chi connectivity index (χ4n) is 3.61. The molecule has 118 valence electrons. The Morgan fingerprint density at radius 2 is 2.10 bits per heavy atom. The van der Waals surface area contributed by atoms with Crippen LogP contribution in [0.2, 0.25) is 0 Å². The third-order valence-corrected chi connectivity index (χ3v) is 5.25. The van der Waals surface area contributed by atoms with Gasteiger partial charge in [0.15, 0.2) is 0 Å². The van der Waals surface area contributed by atoms with Crippen LogP contribution in [0.3, 0.4) is 0 Å². The van der Waals surface area contributed by atoms with Crippen molar-refractivity contribution in [2.75, 3.05) is 24.5 Å². The average Bonchev–Trinajstić information content (AvgIpc) is 3.19. The van der Waals surface area contributed by atoms with Crippen molar-refractivity contribution < 1.29 is 0 Å². The summed E-state index contributed by atoms with van der Waals surface area (Å²) in [5, 5.41) is 11.2. The predicted molar refractivity (Wildman–Crippen MR) is 85.5 cm³/mol. The third-order valence-electron chi connectivity index (χ3n) is 5.25. The molecular weight excluding hydrogens is 262 g/mol. The Hall–Kier alpha value is -1.10. The summed E-state index contributed by atoms with van der Waals surface area (Å²) in [6, 6.07) is 0.764. The third kappa shape index (κ3) is 3.57. The topological polar surface area (TPSA) is 56.8 Å². The summed E-state index contributed by atoms with van der Waals surface area (Å²) < 4.78 is 0. The SMILES string of the molecule is CCC(C)Cc1nc(N2CCC(C3CCCN3)CC2)n[nH]1. The molecule has 0 spiro atoms. The molecule has 5 nitrogen and oxygen atoms in total. The van der Waals surface area contributed by atoms with E-state index in [9.17, 15) is 0 Å². The number of hydrogen-bond donors (Lipinski definition) is 2. The van der Waals surface area contributed by atoms with Crippen LogP contribution in [0.25, 0.3) is 0 Å². The van der Waals surface area contributed by atoms with Gasteiger partial charge in [0.1, 0.15) is 5.82 Å². The van der Waals surface area contributed by atoms with Crippen LogP contribution in [-0.4, -0.2) is 40.9 Å². The highest BCUT2D eigenvalue weighted by atomic mass is 15.4. The molecular formula is C16H29N5. The molecule has 2 aliphatic heterocycles. The Morgan fingerprint density at radius 1 is 1.29 bits per heavy atom. The van der Waals surface area contributed by atoms with E-state index in [2.05, 4.69) is 39.2 Å². The standard InChI is InChI=1S/C16H29N5/c1-3-12(2)11-15-18-16(20-19-15)21-9-6-13(7-10-21)14-5-4-8-17-14/h12-14,17H,3-11H2,1-2H3,(H,18,19,20). The first-order chi connectivity index (χ1) is 10.3. The van der Waals surface area contributed by atoms with Gasteiger partial charge in [0, 0.05) is 25.6 Å². The van der Waals surface area contributed by atoms with Crippen LogP contribution in [0.5, 0.6) is 0 Å². The molecule has 0 aromatic carbocycles. The molecule has 2 aliphatic rings. The normalized spacial score (nSPS) is 25.4. The molecule has 0 aliphatic carbocycles. The predicted octanol–water partition coefficient (Wildman–Crippen LogP) is 2.36. The van der Waals surface area contributed by atoms with Gasteiger partial charge in [0.05, 0.1) is 0 Å². The Bertz CT molecular complexity index is 430. The summed E-state index contributed by atoms with van der Waals surface area (Å²) >= 11 is 0. The summed E-state index contributed by atoms with van der Waals surface area (Å²) in [5.41, 5.74) is 0. The van der Waals surface area contributed by atoms with Crippen molar-refractivity contribution >= 4 is 5.95 Å². The van der Waals surface area contributed by atoms with Crippen LogP contribution in [0, 0.1) is 11.8 Å². The number of nitrogens with one attached hydrogen (secondary N) is 2. The number of anilines is 1. The number of hydrogen-bond acceptors (Lipinski definition) is 4. The van der Waals surface area contributed by atoms with Crippen molar-refractivity contribution in [1.29, 1.82) is 0 Å². The highest BCUT2D eigenvalue weighted by Crippen LogP contribution is 2.27. The van der Waals surface area contributed by atoms with Crippen LogP contribution in [-0.2, 0) is 6.42 Å². The molecule has 3 rings (SSSR count). The molecule has 2 unspecified atom stereocenters. The molecule has 0 radical (unpaired) electrons. The van der Waals surface area contributed by atoms with Gasteiger partial charge in [-0.15, -0.1) is 5.10 Å². The number of piperidine rings is 1. The number of nitrogens with zero attached hydrogens (tertiary/aromatic N) is 3. The molecule has 2 fully saturated rings. The van der Waals surface area contributed by atoms with Crippen LogP contribution in [0.4, 0.5) is 5.95 Å². The van der Waals surface area contributed by atoms with Crippen molar-refractivity contribution in [1.82, 2.24) is 20.5 Å². The van der Waals surface area contributed by atoms with Crippen molar-refractivity contribution in [3.8, 4) is 0 Å². The zero-order valence-corrected chi connectivity index (χ0v) is 13.4. The molecule has 1 aromatic rings. The van der Waals surface area contributed by atoms with Crippen molar-refractivity contribution in [2.24, 2.45) is 11.8 Å². The number of aromatic nitrogens is 3. The minimum atomic E-state index is 0.671. The van der Waals surface area contributed by atoms with E-state index in [0.29, 0.717) is 5.92 Å². The maximum Gasteiger partial charge on any atom is 0.244 e. The summed E-state index contributed by atoms with van der Waals surface area (Å²) in [6.07, 6.45) is 7.46. The lowest BCUT2D eigenvalue weighted by Crippen LogP contribution is -2.41. The maximum atomic E-state index is 4.69. The van der Waals surface area contributed by atoms with E-state index in [0.717, 1.165) is 43.2 Å². The molecule has 2 saturated heterocycles. The van der Waals surface area contributed by atoms with Gasteiger partial charge in [-0.3, -0.25) is 5.10 Å². The van der Waals surface area contributed by atoms with Gasteiger partial charge >= 0.3 is 0 Å². The van der Waals surface area contributed by atoms with Gasteiger partial charge in [-0.25, -0.2) is 0 Å². The van der Waals surface area contributed by atoms with Gasteiger partial charge in [-0.1, -0.05) is 20.3 Å². The minimum absolute atomic E-state index is 0.671. The minimum Gasteiger partial charge on any atom is -0.340 e. The van der Waals surface area contributed by atoms with Crippen molar-refractivity contribution in [3.63, 3.8) is 0 Å². The van der Waals surface area contributed by atoms with E-state index < -0.39 is 0 Å². The number of aromatic amines is 1. The van der Waals surface area contributed by atoms with E-state index >= 15 is 0 Å². The molecule has 0 amide bonds. The molecule has 1 aromatic heterocycles. The summed E-state index contributed by atoms with van der Waals surface area (Å²) in [7, 11) is 0. The zero-order valence-electron chi connectivity index (χ0n) is 13.4. The molecule has 0 saturated carbocycles. The summed E-state index contributed by atoms with van der Waals surface area (Å²) in [6.45, 7) is 7.91. The molecule has 2 atom stereocenters. The van der Waals surface area contributed by atoms with E-state index in [4.69, 9.17) is 0 Å². The molecule has 0 bridgehead atoms. The zero-order chi connectivity index (χ0) is 14.7. The van der Waals surface area contributed by atoms with Gasteiger partial charge in [-0.05, 0) is 44.1 Å². The largest absolute Gasteiger partial charge is 0.340 e. The van der Waals surface area contributed by atoms with E-state index in [1.54, 1.807) is 0 Å². The molecule has 3 heterocycles. The first-order valence-corrected chi connectivity index (χ1v) is 8.66. The van der Waals surface area contributed by atoms with Gasteiger partial charge < -0.3 is 10.2 Å². The second-order valence-corrected chi connectivity index (χ2v) is 6.83. The first-order valence-electron chi connectivity index (χ1n) is 8.66. The van der Waals surface area contributed by atoms with Crippen molar-refractivity contribution in [3.05, 3.63) is 5.82 Å². The lowest BCUT2D eigenvalue weighted by molar-refractivity contribution is 0.317. The monoisotopic (exact) mass is 291 g/mol. The fourth-order valence-corrected chi connectivity index (χ4v) is 3.61. The summed E-state index contributed by atoms with van der Waals surface area (Å²) in [5.74, 6) is 3.47. The Balaban J connectivity index is 1.52. The van der Waals surface area contributed by atoms with Crippen LogP contribution in [0.1, 0.15) is 51.8 Å². The highest BCUT2D eigenvalue weighted by molar-refractivity contribution is 5.29. The van der Waals surface area contributed by atoms with Crippen LogP contribution < -0.4 is 10.2 Å². The maximum absolute atomic E-state index is 4.69. The molecule has 2 N–H and O–H groups in total.